The minimum Gasteiger partial charge on any atom is -0.324 e. The van der Waals surface area contributed by atoms with Crippen molar-refractivity contribution in [3.8, 4) is 5.69 Å². The molecule has 10 nitrogen and oxygen atoms in total. The van der Waals surface area contributed by atoms with Gasteiger partial charge >= 0.3 is 0 Å². The quantitative estimate of drug-likeness (QED) is 0.569. The van der Waals surface area contributed by atoms with Gasteiger partial charge in [0.2, 0.25) is 0 Å². The molecule has 1 atom stereocenters. The summed E-state index contributed by atoms with van der Waals surface area (Å²) in [4.78, 5) is 12.9. The van der Waals surface area contributed by atoms with E-state index in [0.717, 1.165) is 11.3 Å². The summed E-state index contributed by atoms with van der Waals surface area (Å²) >= 11 is 0. The van der Waals surface area contributed by atoms with E-state index >= 15 is 0 Å². The molecule has 128 valence electrons. The summed E-state index contributed by atoms with van der Waals surface area (Å²) in [6, 6.07) is 15.8. The lowest BCUT2D eigenvalue weighted by molar-refractivity contribution is -0.118. The molecule has 0 saturated carbocycles. The highest BCUT2D eigenvalue weighted by atomic mass is 16.2. The van der Waals surface area contributed by atoms with Gasteiger partial charge in [0.05, 0.1) is 5.69 Å². The van der Waals surface area contributed by atoms with E-state index in [-0.39, 0.29) is 5.91 Å². The predicted octanol–water partition coefficient (Wildman–Crippen LogP) is 0.877. The molecule has 0 aliphatic carbocycles. The Hall–Kier alpha value is -3.95. The Morgan fingerprint density at radius 1 is 0.923 bits per heavy atom. The molecule has 10 heteroatoms. The number of hydrogen-bond donors (Lipinski definition) is 1. The maximum absolute atomic E-state index is 12.9. The molecule has 4 aromatic rings. The van der Waals surface area contributed by atoms with Gasteiger partial charge in [0.25, 0.3) is 5.91 Å². The van der Waals surface area contributed by atoms with Crippen molar-refractivity contribution in [2.24, 2.45) is 0 Å². The van der Waals surface area contributed by atoms with Gasteiger partial charge in [0.1, 0.15) is 12.7 Å². The van der Waals surface area contributed by atoms with Gasteiger partial charge in [0.15, 0.2) is 6.04 Å². The van der Waals surface area contributed by atoms with Crippen molar-refractivity contribution in [1.82, 2.24) is 40.4 Å². The summed E-state index contributed by atoms with van der Waals surface area (Å²) in [6.07, 6.45) is 2.89. The fraction of sp³-hybridized carbons (Fsp3) is 0.0625. The Morgan fingerprint density at radius 3 is 2.46 bits per heavy atom. The average molecular weight is 347 g/mol. The number of nitrogens with zero attached hydrogens (tertiary/aromatic N) is 8. The molecular weight excluding hydrogens is 334 g/mol. The van der Waals surface area contributed by atoms with Crippen LogP contribution in [0.4, 0.5) is 5.69 Å². The molecule has 1 unspecified atom stereocenters. The summed E-state index contributed by atoms with van der Waals surface area (Å²) in [7, 11) is 0. The van der Waals surface area contributed by atoms with Crippen molar-refractivity contribution >= 4 is 11.6 Å². The normalized spacial score (nSPS) is 11.8. The van der Waals surface area contributed by atoms with Crippen LogP contribution in [-0.2, 0) is 4.79 Å². The summed E-state index contributed by atoms with van der Waals surface area (Å²) in [5, 5.41) is 25.1. The third-order valence-electron chi connectivity index (χ3n) is 3.72. The number of carbonyl (C=O) groups is 1. The average Bonchev–Trinajstić information content (AvgIpc) is 3.37. The number of rotatable bonds is 5. The highest BCUT2D eigenvalue weighted by Gasteiger charge is 2.24. The number of anilines is 1. The topological polar surface area (TPSA) is 116 Å². The Morgan fingerprint density at radius 2 is 1.73 bits per heavy atom. The fourth-order valence-electron chi connectivity index (χ4n) is 2.56. The number of benzene rings is 2. The van der Waals surface area contributed by atoms with E-state index < -0.39 is 6.04 Å². The lowest BCUT2D eigenvalue weighted by Gasteiger charge is -2.17. The molecule has 1 N–H and O–H groups in total. The Labute approximate surface area is 147 Å². The van der Waals surface area contributed by atoms with Crippen LogP contribution in [0.5, 0.6) is 0 Å². The molecule has 0 aliphatic rings. The summed E-state index contributed by atoms with van der Waals surface area (Å²) in [5.74, 6) is -0.266. The van der Waals surface area contributed by atoms with Crippen molar-refractivity contribution in [1.29, 1.82) is 0 Å². The molecule has 2 aromatic carbocycles. The minimum atomic E-state index is -0.692. The maximum Gasteiger partial charge on any atom is 0.253 e. The molecule has 0 spiro atoms. The molecular formula is C16H13N9O. The minimum absolute atomic E-state index is 0.266. The van der Waals surface area contributed by atoms with Gasteiger partial charge in [-0.05, 0) is 44.6 Å². The molecule has 26 heavy (non-hydrogen) atoms. The number of carbonyl (C=O) groups excluding carboxylic acids is 1. The van der Waals surface area contributed by atoms with Crippen LogP contribution in [0, 0.1) is 0 Å². The zero-order valence-corrected chi connectivity index (χ0v) is 13.4. The van der Waals surface area contributed by atoms with Gasteiger partial charge < -0.3 is 5.32 Å². The van der Waals surface area contributed by atoms with Gasteiger partial charge in [-0.2, -0.15) is 0 Å². The number of aromatic nitrogens is 8. The Kier molecular flexibility index (Phi) is 4.13. The molecule has 0 fully saturated rings. The fourth-order valence-corrected chi connectivity index (χ4v) is 2.56. The first-order chi connectivity index (χ1) is 12.8. The van der Waals surface area contributed by atoms with Crippen LogP contribution in [-0.4, -0.2) is 46.3 Å². The zero-order chi connectivity index (χ0) is 17.8. The molecule has 0 saturated heterocycles. The van der Waals surface area contributed by atoms with E-state index in [1.165, 1.54) is 22.0 Å². The number of nitrogens with one attached hydrogen (secondary N) is 1. The zero-order valence-electron chi connectivity index (χ0n) is 13.4. The summed E-state index contributed by atoms with van der Waals surface area (Å²) in [6.45, 7) is 0. The monoisotopic (exact) mass is 347 g/mol. The van der Waals surface area contributed by atoms with Crippen molar-refractivity contribution in [2.75, 3.05) is 5.32 Å². The van der Waals surface area contributed by atoms with Crippen LogP contribution < -0.4 is 5.32 Å². The summed E-state index contributed by atoms with van der Waals surface area (Å²) < 4.78 is 2.92. The van der Waals surface area contributed by atoms with Crippen molar-refractivity contribution in [3.63, 3.8) is 0 Å². The third kappa shape index (κ3) is 3.15. The number of amides is 1. The standard InChI is InChI=1S/C16H13N9O/c26-16(15(25-11-18-21-23-25)12-5-2-1-3-6-12)19-13-7-4-8-14(9-13)24-10-17-20-22-24/h1-11,15H,(H,19,26). The third-order valence-corrected chi connectivity index (χ3v) is 3.72. The lowest BCUT2D eigenvalue weighted by atomic mass is 10.1. The highest BCUT2D eigenvalue weighted by Crippen LogP contribution is 2.20. The van der Waals surface area contributed by atoms with Crippen LogP contribution in [0.3, 0.4) is 0 Å². The highest BCUT2D eigenvalue weighted by molar-refractivity contribution is 5.95. The molecule has 4 rings (SSSR count). The Bertz CT molecular complexity index is 984. The second-order valence-corrected chi connectivity index (χ2v) is 5.40. The van der Waals surface area contributed by atoms with Crippen LogP contribution in [0.1, 0.15) is 11.6 Å². The van der Waals surface area contributed by atoms with Crippen LogP contribution in [0.2, 0.25) is 0 Å². The van der Waals surface area contributed by atoms with E-state index in [9.17, 15) is 4.79 Å². The molecule has 0 aliphatic heterocycles. The van der Waals surface area contributed by atoms with Gasteiger partial charge in [-0.3, -0.25) is 4.79 Å². The maximum atomic E-state index is 12.9. The summed E-state index contributed by atoms with van der Waals surface area (Å²) in [5.41, 5.74) is 2.11. The first kappa shape index (κ1) is 15.6. The second kappa shape index (κ2) is 6.89. The van der Waals surface area contributed by atoms with E-state index in [4.69, 9.17) is 0 Å². The van der Waals surface area contributed by atoms with E-state index in [0.29, 0.717) is 5.69 Å². The van der Waals surface area contributed by atoms with Crippen molar-refractivity contribution in [2.45, 2.75) is 6.04 Å². The first-order valence-electron chi connectivity index (χ1n) is 7.73. The SMILES string of the molecule is O=C(Nc1cccc(-n2cnnn2)c1)C(c1ccccc1)n1cnnn1. The van der Waals surface area contributed by atoms with E-state index in [1.54, 1.807) is 18.2 Å². The molecule has 2 aromatic heterocycles. The van der Waals surface area contributed by atoms with E-state index in [1.807, 2.05) is 36.4 Å². The van der Waals surface area contributed by atoms with Gasteiger partial charge in [-0.25, -0.2) is 9.36 Å². The molecule has 1 amide bonds. The van der Waals surface area contributed by atoms with Crippen LogP contribution >= 0.6 is 0 Å². The smallest absolute Gasteiger partial charge is 0.253 e. The first-order valence-corrected chi connectivity index (χ1v) is 7.73. The molecule has 0 bridgehead atoms. The van der Waals surface area contributed by atoms with E-state index in [2.05, 4.69) is 36.4 Å². The molecule has 0 radical (unpaired) electrons. The van der Waals surface area contributed by atoms with Gasteiger partial charge in [-0.15, -0.1) is 10.2 Å². The number of hydrogen-bond acceptors (Lipinski definition) is 7. The predicted molar refractivity (Wildman–Crippen MR) is 90.2 cm³/mol. The van der Waals surface area contributed by atoms with Gasteiger partial charge in [-0.1, -0.05) is 36.4 Å². The van der Waals surface area contributed by atoms with Crippen LogP contribution in [0.15, 0.2) is 67.3 Å². The van der Waals surface area contributed by atoms with Gasteiger partial charge in [0, 0.05) is 5.69 Å². The van der Waals surface area contributed by atoms with Crippen LogP contribution in [0.25, 0.3) is 5.69 Å². The Balaban J connectivity index is 1.62. The largest absolute Gasteiger partial charge is 0.324 e. The molecule has 2 heterocycles. The number of tetrazole rings is 2. The van der Waals surface area contributed by atoms with Crippen molar-refractivity contribution < 1.29 is 4.79 Å². The second-order valence-electron chi connectivity index (χ2n) is 5.40. The lowest BCUT2D eigenvalue weighted by Crippen LogP contribution is -2.27. The van der Waals surface area contributed by atoms with Crippen molar-refractivity contribution in [3.05, 3.63) is 72.8 Å².